The highest BCUT2D eigenvalue weighted by Gasteiger charge is 2.35. The van der Waals surface area contributed by atoms with Crippen LogP contribution in [0.15, 0.2) is 53.2 Å². The first-order chi connectivity index (χ1) is 20.5. The Kier molecular flexibility index (Phi) is 6.75. The van der Waals surface area contributed by atoms with Gasteiger partial charge in [0.1, 0.15) is 29.2 Å². The standard InChI is InChI=1S/C32H31FN6O3/c1-41-28-13-22(32(40)37-26-18-38-9-5-19(26)6-10-38)16-36-30(28)29-14-25-31(42-29)24(4-8-35-25)20-2-3-27(21(12-20)15-34)39-11-7-23(33)17-39/h2-4,8,12-14,16,19,23,26H,5-7,9-11,17-18H2,1H3,(H,37,40)/t23-,26?/m1/s1. The van der Waals surface area contributed by atoms with Crippen molar-refractivity contribution in [1.82, 2.24) is 20.2 Å². The van der Waals surface area contributed by atoms with E-state index in [2.05, 4.69) is 26.3 Å². The molecule has 1 unspecified atom stereocenters. The Morgan fingerprint density at radius 3 is 2.69 bits per heavy atom. The number of aromatic nitrogens is 2. The average molecular weight is 567 g/mol. The number of ether oxygens (including phenoxy) is 1. The zero-order chi connectivity index (χ0) is 28.8. The van der Waals surface area contributed by atoms with Crippen LogP contribution in [0.2, 0.25) is 0 Å². The first kappa shape index (κ1) is 26.4. The Balaban J connectivity index is 1.18. The minimum absolute atomic E-state index is 0.150. The number of methoxy groups -OCH3 is 1. The van der Waals surface area contributed by atoms with E-state index in [4.69, 9.17) is 9.15 Å². The summed E-state index contributed by atoms with van der Waals surface area (Å²) in [5.74, 6) is 1.24. The van der Waals surface area contributed by atoms with Crippen LogP contribution >= 0.6 is 0 Å². The molecule has 0 saturated carbocycles. The molecule has 42 heavy (non-hydrogen) atoms. The Morgan fingerprint density at radius 1 is 1.12 bits per heavy atom. The maximum absolute atomic E-state index is 13.8. The number of amides is 1. The van der Waals surface area contributed by atoms with E-state index >= 15 is 0 Å². The Morgan fingerprint density at radius 2 is 1.98 bits per heavy atom. The highest BCUT2D eigenvalue weighted by atomic mass is 19.1. The predicted molar refractivity (Wildman–Crippen MR) is 156 cm³/mol. The van der Waals surface area contributed by atoms with Gasteiger partial charge in [0, 0.05) is 49.7 Å². The molecule has 4 fully saturated rings. The van der Waals surface area contributed by atoms with Gasteiger partial charge in [-0.1, -0.05) is 6.07 Å². The van der Waals surface area contributed by atoms with Crippen molar-refractivity contribution in [2.75, 3.05) is 44.7 Å². The van der Waals surface area contributed by atoms with Gasteiger partial charge in [-0.15, -0.1) is 0 Å². The summed E-state index contributed by atoms with van der Waals surface area (Å²) >= 11 is 0. The molecule has 9 nitrogen and oxygen atoms in total. The lowest BCUT2D eigenvalue weighted by Crippen LogP contribution is -2.57. The lowest BCUT2D eigenvalue weighted by molar-refractivity contribution is 0.0620. The van der Waals surface area contributed by atoms with Gasteiger partial charge in [0.15, 0.2) is 11.3 Å². The number of hydrogen-bond donors (Lipinski definition) is 1. The number of alkyl halides is 1. The monoisotopic (exact) mass is 566 g/mol. The number of nitrogens with zero attached hydrogens (tertiary/aromatic N) is 5. The number of anilines is 1. The largest absolute Gasteiger partial charge is 0.494 e. The van der Waals surface area contributed by atoms with Crippen molar-refractivity contribution in [1.29, 1.82) is 5.26 Å². The van der Waals surface area contributed by atoms with Crippen molar-refractivity contribution < 1.29 is 18.3 Å². The van der Waals surface area contributed by atoms with Gasteiger partial charge in [0.05, 0.1) is 23.9 Å². The molecular weight excluding hydrogens is 535 g/mol. The number of nitriles is 1. The Bertz CT molecular complexity index is 1710. The van der Waals surface area contributed by atoms with Crippen molar-refractivity contribution >= 4 is 22.7 Å². The highest BCUT2D eigenvalue weighted by molar-refractivity contribution is 5.96. The number of halogens is 1. The molecule has 7 heterocycles. The van der Waals surface area contributed by atoms with Gasteiger partial charge >= 0.3 is 0 Å². The zero-order valence-electron chi connectivity index (χ0n) is 23.3. The molecule has 4 aromatic rings. The number of carbonyl (C=O) groups excluding carboxylic acids is 1. The molecule has 4 aliphatic rings. The lowest BCUT2D eigenvalue weighted by atomic mass is 9.84. The summed E-state index contributed by atoms with van der Waals surface area (Å²) < 4.78 is 25.8. The maximum Gasteiger partial charge on any atom is 0.253 e. The SMILES string of the molecule is COc1cc(C(=O)NC2CN3CCC2CC3)cnc1-c1cc2nccc(-c3ccc(N4CC[C@@H](F)C4)c(C#N)c3)c2o1. The molecule has 1 N–H and O–H groups in total. The first-order valence-corrected chi connectivity index (χ1v) is 14.4. The molecule has 8 rings (SSSR count). The van der Waals surface area contributed by atoms with Crippen LogP contribution in [-0.4, -0.2) is 72.8 Å². The second-order valence-corrected chi connectivity index (χ2v) is 11.4. The van der Waals surface area contributed by atoms with Crippen LogP contribution in [0.5, 0.6) is 5.75 Å². The third-order valence-corrected chi connectivity index (χ3v) is 8.85. The van der Waals surface area contributed by atoms with Crippen molar-refractivity contribution in [3.05, 3.63) is 59.9 Å². The van der Waals surface area contributed by atoms with Gasteiger partial charge < -0.3 is 24.3 Å². The fourth-order valence-corrected chi connectivity index (χ4v) is 6.58. The molecule has 2 bridgehead atoms. The average Bonchev–Trinajstić information content (AvgIpc) is 3.67. The van der Waals surface area contributed by atoms with Crippen molar-refractivity contribution in [3.63, 3.8) is 0 Å². The number of furan rings is 1. The Hall–Kier alpha value is -4.49. The molecule has 10 heteroatoms. The van der Waals surface area contributed by atoms with Gasteiger partial charge in [-0.05, 0) is 68.1 Å². The van der Waals surface area contributed by atoms with E-state index < -0.39 is 6.17 Å². The number of fused-ring (bicyclic) bond motifs is 4. The fraction of sp³-hybridized carbons (Fsp3) is 0.375. The second kappa shape index (κ2) is 10.7. The quantitative estimate of drug-likeness (QED) is 0.354. The highest BCUT2D eigenvalue weighted by Crippen LogP contribution is 2.38. The molecule has 214 valence electrons. The van der Waals surface area contributed by atoms with Gasteiger partial charge in [-0.25, -0.2) is 9.37 Å². The normalized spacial score (nSPS) is 23.2. The van der Waals surface area contributed by atoms with Crippen LogP contribution in [0.25, 0.3) is 33.7 Å². The van der Waals surface area contributed by atoms with E-state index in [0.29, 0.717) is 64.9 Å². The third kappa shape index (κ3) is 4.73. The summed E-state index contributed by atoms with van der Waals surface area (Å²) in [6, 6.07) is 13.3. The molecule has 4 aliphatic heterocycles. The van der Waals surface area contributed by atoms with Gasteiger partial charge in [0.25, 0.3) is 5.91 Å². The summed E-state index contributed by atoms with van der Waals surface area (Å²) in [4.78, 5) is 26.5. The molecule has 2 atom stereocenters. The number of rotatable bonds is 6. The molecular formula is C32H31FN6O3. The first-order valence-electron chi connectivity index (χ1n) is 14.4. The summed E-state index contributed by atoms with van der Waals surface area (Å²) in [6.45, 7) is 4.00. The summed E-state index contributed by atoms with van der Waals surface area (Å²) in [5, 5.41) is 13.1. The molecule has 1 amide bonds. The maximum atomic E-state index is 13.8. The van der Waals surface area contributed by atoms with Crippen LogP contribution in [0.1, 0.15) is 35.2 Å². The molecule has 0 aliphatic carbocycles. The molecule has 0 radical (unpaired) electrons. The number of pyridine rings is 2. The number of nitrogens with one attached hydrogen (secondary N) is 1. The smallest absolute Gasteiger partial charge is 0.253 e. The van der Waals surface area contributed by atoms with Crippen molar-refractivity contribution in [2.24, 2.45) is 5.92 Å². The number of carbonyl (C=O) groups is 1. The van der Waals surface area contributed by atoms with E-state index in [-0.39, 0.29) is 11.9 Å². The number of piperidine rings is 3. The minimum atomic E-state index is -0.878. The third-order valence-electron chi connectivity index (χ3n) is 8.85. The van der Waals surface area contributed by atoms with Crippen LogP contribution in [0, 0.1) is 17.2 Å². The van der Waals surface area contributed by atoms with E-state index in [1.54, 1.807) is 37.7 Å². The van der Waals surface area contributed by atoms with Gasteiger partial charge in [-0.3, -0.25) is 9.78 Å². The minimum Gasteiger partial charge on any atom is -0.494 e. The van der Waals surface area contributed by atoms with E-state index in [1.165, 1.54) is 0 Å². The van der Waals surface area contributed by atoms with Crippen LogP contribution in [-0.2, 0) is 0 Å². The van der Waals surface area contributed by atoms with E-state index in [0.717, 1.165) is 49.3 Å². The summed E-state index contributed by atoms with van der Waals surface area (Å²) in [5.41, 5.74) is 4.84. The van der Waals surface area contributed by atoms with Gasteiger partial charge in [-0.2, -0.15) is 5.26 Å². The van der Waals surface area contributed by atoms with Crippen molar-refractivity contribution in [2.45, 2.75) is 31.5 Å². The number of hydrogen-bond acceptors (Lipinski definition) is 8. The topological polar surface area (TPSA) is 108 Å². The predicted octanol–water partition coefficient (Wildman–Crippen LogP) is 4.81. The molecule has 0 spiro atoms. The lowest BCUT2D eigenvalue weighted by Gasteiger charge is -2.44. The van der Waals surface area contributed by atoms with Crippen LogP contribution in [0.3, 0.4) is 0 Å². The second-order valence-electron chi connectivity index (χ2n) is 11.4. The Labute approximate surface area is 242 Å². The zero-order valence-corrected chi connectivity index (χ0v) is 23.3. The van der Waals surface area contributed by atoms with Crippen LogP contribution < -0.4 is 15.0 Å². The number of benzene rings is 1. The van der Waals surface area contributed by atoms with E-state index in [9.17, 15) is 14.4 Å². The van der Waals surface area contributed by atoms with E-state index in [1.807, 2.05) is 23.1 Å². The molecule has 1 aromatic carbocycles. The van der Waals surface area contributed by atoms with Crippen LogP contribution in [0.4, 0.5) is 10.1 Å². The summed E-state index contributed by atoms with van der Waals surface area (Å²) in [7, 11) is 1.54. The fourth-order valence-electron chi connectivity index (χ4n) is 6.58. The van der Waals surface area contributed by atoms with Crippen molar-refractivity contribution in [3.8, 4) is 34.4 Å². The van der Waals surface area contributed by atoms with Gasteiger partial charge in [0.2, 0.25) is 0 Å². The molecule has 3 aromatic heterocycles. The molecule has 4 saturated heterocycles. The summed E-state index contributed by atoms with van der Waals surface area (Å²) in [6.07, 6.45) is 5.07.